The zero-order valence-corrected chi connectivity index (χ0v) is 13.0. The number of carboxylic acid groups (broad SMARTS) is 1. The van der Waals surface area contributed by atoms with E-state index in [4.69, 9.17) is 5.11 Å². The summed E-state index contributed by atoms with van der Waals surface area (Å²) >= 11 is 1.71. The second-order valence-corrected chi connectivity index (χ2v) is 6.49. The van der Waals surface area contributed by atoms with Crippen LogP contribution in [0, 0.1) is 0 Å². The van der Waals surface area contributed by atoms with Crippen molar-refractivity contribution in [2.75, 3.05) is 5.75 Å². The molecule has 1 atom stereocenters. The highest BCUT2D eigenvalue weighted by molar-refractivity contribution is 7.98. The van der Waals surface area contributed by atoms with Crippen molar-refractivity contribution < 1.29 is 14.7 Å². The Labute approximate surface area is 129 Å². The van der Waals surface area contributed by atoms with Gasteiger partial charge in [0.25, 0.3) is 0 Å². The summed E-state index contributed by atoms with van der Waals surface area (Å²) in [6.45, 7) is 1.34. The van der Waals surface area contributed by atoms with E-state index in [-0.39, 0.29) is 5.91 Å². The topological polar surface area (TPSA) is 66.4 Å². The van der Waals surface area contributed by atoms with Gasteiger partial charge < -0.3 is 10.4 Å². The average Bonchev–Trinajstić information content (AvgIpc) is 2.89. The number of aryl methyl sites for hydroxylation is 2. The number of hydrogen-bond acceptors (Lipinski definition) is 3. The van der Waals surface area contributed by atoms with Gasteiger partial charge >= 0.3 is 5.97 Å². The lowest BCUT2D eigenvalue weighted by Crippen LogP contribution is -2.39. The molecule has 5 heteroatoms. The SMILES string of the molecule is CC(=O)NC(CCSCc1ccc2c(c1)CCC2)C(=O)O. The molecule has 0 spiro atoms. The second-order valence-electron chi connectivity index (χ2n) is 5.39. The molecular weight excluding hydrogens is 286 g/mol. The van der Waals surface area contributed by atoms with Crippen molar-refractivity contribution in [3.8, 4) is 0 Å². The smallest absolute Gasteiger partial charge is 0.326 e. The molecule has 21 heavy (non-hydrogen) atoms. The molecule has 1 unspecified atom stereocenters. The van der Waals surface area contributed by atoms with Crippen LogP contribution in [0.3, 0.4) is 0 Å². The third kappa shape index (κ3) is 4.77. The molecule has 4 nitrogen and oxygen atoms in total. The summed E-state index contributed by atoms with van der Waals surface area (Å²) in [6.07, 6.45) is 4.07. The van der Waals surface area contributed by atoms with Crippen molar-refractivity contribution in [2.24, 2.45) is 0 Å². The second kappa shape index (κ2) is 7.50. The molecule has 2 rings (SSSR count). The molecule has 0 saturated heterocycles. The molecular formula is C16H21NO3S. The lowest BCUT2D eigenvalue weighted by molar-refractivity contribution is -0.141. The quantitative estimate of drug-likeness (QED) is 0.759. The Morgan fingerprint density at radius 1 is 1.33 bits per heavy atom. The number of thioether (sulfide) groups is 1. The molecule has 1 aliphatic rings. The maximum Gasteiger partial charge on any atom is 0.326 e. The molecule has 0 aliphatic heterocycles. The van der Waals surface area contributed by atoms with Gasteiger partial charge in [0, 0.05) is 12.7 Å². The van der Waals surface area contributed by atoms with Gasteiger partial charge in [-0.1, -0.05) is 18.2 Å². The summed E-state index contributed by atoms with van der Waals surface area (Å²) in [7, 11) is 0. The van der Waals surface area contributed by atoms with Crippen LogP contribution in [0.5, 0.6) is 0 Å². The van der Waals surface area contributed by atoms with Gasteiger partial charge in [-0.05, 0) is 48.1 Å². The van der Waals surface area contributed by atoms with Crippen molar-refractivity contribution in [3.63, 3.8) is 0 Å². The minimum absolute atomic E-state index is 0.300. The van der Waals surface area contributed by atoms with E-state index in [0.29, 0.717) is 12.2 Å². The fourth-order valence-corrected chi connectivity index (χ4v) is 3.57. The van der Waals surface area contributed by atoms with Gasteiger partial charge in [0.05, 0.1) is 0 Å². The van der Waals surface area contributed by atoms with Crippen molar-refractivity contribution >= 4 is 23.6 Å². The van der Waals surface area contributed by atoms with Gasteiger partial charge in [-0.25, -0.2) is 4.79 Å². The molecule has 0 heterocycles. The number of rotatable bonds is 7. The molecule has 0 saturated carbocycles. The highest BCUT2D eigenvalue weighted by atomic mass is 32.2. The van der Waals surface area contributed by atoms with Crippen LogP contribution in [0.15, 0.2) is 18.2 Å². The van der Waals surface area contributed by atoms with Crippen LogP contribution in [0.1, 0.15) is 36.5 Å². The van der Waals surface area contributed by atoms with Crippen molar-refractivity contribution in [2.45, 2.75) is 44.4 Å². The maximum absolute atomic E-state index is 11.0. The number of hydrogen-bond donors (Lipinski definition) is 2. The summed E-state index contributed by atoms with van der Waals surface area (Å²) in [4.78, 5) is 21.9. The molecule has 2 N–H and O–H groups in total. The Balaban J connectivity index is 1.76. The minimum atomic E-state index is -0.969. The zero-order valence-electron chi connectivity index (χ0n) is 12.2. The third-order valence-corrected chi connectivity index (χ3v) is 4.72. The van der Waals surface area contributed by atoms with Crippen molar-refractivity contribution in [1.82, 2.24) is 5.32 Å². The molecule has 0 fully saturated rings. The van der Waals surface area contributed by atoms with E-state index < -0.39 is 12.0 Å². The Hall–Kier alpha value is -1.49. The average molecular weight is 307 g/mol. The lowest BCUT2D eigenvalue weighted by Gasteiger charge is -2.12. The van der Waals surface area contributed by atoms with Crippen LogP contribution in [0.25, 0.3) is 0 Å². The fraction of sp³-hybridized carbons (Fsp3) is 0.500. The van der Waals surface area contributed by atoms with Gasteiger partial charge in [0.2, 0.25) is 5.91 Å². The van der Waals surface area contributed by atoms with Crippen LogP contribution < -0.4 is 5.32 Å². The minimum Gasteiger partial charge on any atom is -0.480 e. The Bertz CT molecular complexity index is 530. The van der Waals surface area contributed by atoms with Crippen molar-refractivity contribution in [1.29, 1.82) is 0 Å². The number of carboxylic acids is 1. The molecule has 0 bridgehead atoms. The first-order valence-electron chi connectivity index (χ1n) is 7.24. The van der Waals surface area contributed by atoms with Crippen LogP contribution in [-0.4, -0.2) is 28.8 Å². The highest BCUT2D eigenvalue weighted by Gasteiger charge is 2.17. The van der Waals surface area contributed by atoms with Crippen LogP contribution >= 0.6 is 11.8 Å². The highest BCUT2D eigenvalue weighted by Crippen LogP contribution is 2.24. The summed E-state index contributed by atoms with van der Waals surface area (Å²) in [5.41, 5.74) is 4.24. The molecule has 1 amide bonds. The van der Waals surface area contributed by atoms with Gasteiger partial charge in [-0.3, -0.25) is 4.79 Å². The summed E-state index contributed by atoms with van der Waals surface area (Å²) in [5.74, 6) is 0.336. The number of aliphatic carboxylic acids is 1. The molecule has 1 aromatic carbocycles. The van der Waals surface area contributed by atoms with E-state index in [2.05, 4.69) is 23.5 Å². The van der Waals surface area contributed by atoms with Crippen LogP contribution in [-0.2, 0) is 28.2 Å². The number of benzene rings is 1. The first kappa shape index (κ1) is 15.9. The van der Waals surface area contributed by atoms with Gasteiger partial charge in [0.15, 0.2) is 0 Å². The van der Waals surface area contributed by atoms with E-state index in [0.717, 1.165) is 5.75 Å². The number of carbonyl (C=O) groups is 2. The van der Waals surface area contributed by atoms with Crippen molar-refractivity contribution in [3.05, 3.63) is 34.9 Å². The first-order valence-corrected chi connectivity index (χ1v) is 8.40. The molecule has 0 radical (unpaired) electrons. The number of carbonyl (C=O) groups excluding carboxylic acids is 1. The normalized spacial score (nSPS) is 14.5. The molecule has 1 aliphatic carbocycles. The summed E-state index contributed by atoms with van der Waals surface area (Å²) in [6, 6.07) is 5.88. The van der Waals surface area contributed by atoms with Gasteiger partial charge in [0.1, 0.15) is 6.04 Å². The molecule has 1 aromatic rings. The van der Waals surface area contributed by atoms with E-state index in [1.54, 1.807) is 11.8 Å². The summed E-state index contributed by atoms with van der Waals surface area (Å²) < 4.78 is 0. The number of nitrogens with one attached hydrogen (secondary N) is 1. The van der Waals surface area contributed by atoms with Crippen LogP contribution in [0.4, 0.5) is 0 Å². The van der Waals surface area contributed by atoms with Gasteiger partial charge in [-0.15, -0.1) is 0 Å². The Morgan fingerprint density at radius 2 is 2.10 bits per heavy atom. The Morgan fingerprint density at radius 3 is 2.81 bits per heavy atom. The van der Waals surface area contributed by atoms with E-state index in [9.17, 15) is 9.59 Å². The van der Waals surface area contributed by atoms with E-state index >= 15 is 0 Å². The Kier molecular flexibility index (Phi) is 5.67. The van der Waals surface area contributed by atoms with E-state index in [1.165, 1.54) is 42.9 Å². The predicted molar refractivity (Wildman–Crippen MR) is 84.5 cm³/mol. The summed E-state index contributed by atoms with van der Waals surface area (Å²) in [5, 5.41) is 11.5. The predicted octanol–water partition coefficient (Wildman–Crippen LogP) is 2.39. The third-order valence-electron chi connectivity index (χ3n) is 3.66. The standard InChI is InChI=1S/C16H21NO3S/c1-11(18)17-15(16(19)20)7-8-21-10-12-5-6-13-3-2-4-14(13)9-12/h5-6,9,15H,2-4,7-8,10H2,1H3,(H,17,18)(H,19,20). The lowest BCUT2D eigenvalue weighted by atomic mass is 10.1. The fourth-order valence-electron chi connectivity index (χ4n) is 2.61. The van der Waals surface area contributed by atoms with Gasteiger partial charge in [-0.2, -0.15) is 11.8 Å². The maximum atomic E-state index is 11.0. The largest absolute Gasteiger partial charge is 0.480 e. The first-order chi connectivity index (χ1) is 10.1. The zero-order chi connectivity index (χ0) is 15.2. The van der Waals surface area contributed by atoms with Crippen LogP contribution in [0.2, 0.25) is 0 Å². The molecule has 114 valence electrons. The monoisotopic (exact) mass is 307 g/mol. The number of fused-ring (bicyclic) bond motifs is 1. The van der Waals surface area contributed by atoms with E-state index in [1.807, 2.05) is 0 Å². The molecule has 0 aromatic heterocycles. The number of amides is 1.